The Hall–Kier alpha value is -1.13. The van der Waals surface area contributed by atoms with E-state index in [9.17, 15) is 4.39 Å². The summed E-state index contributed by atoms with van der Waals surface area (Å²) in [6.07, 6.45) is 3.07. The van der Waals surface area contributed by atoms with Crippen LogP contribution in [0.5, 0.6) is 5.75 Å². The molecule has 1 fully saturated rings. The van der Waals surface area contributed by atoms with E-state index >= 15 is 0 Å². The second-order valence-corrected chi connectivity index (χ2v) is 7.04. The molecule has 1 aliphatic heterocycles. The summed E-state index contributed by atoms with van der Waals surface area (Å²) in [6.45, 7) is 7.31. The highest BCUT2D eigenvalue weighted by Crippen LogP contribution is 2.18. The van der Waals surface area contributed by atoms with Crippen molar-refractivity contribution >= 4 is 29.9 Å². The normalized spacial score (nSPS) is 15.0. The molecule has 1 aromatic carbocycles. The molecule has 0 unspecified atom stereocenters. The van der Waals surface area contributed by atoms with Crippen molar-refractivity contribution in [2.75, 3.05) is 53.7 Å². The summed E-state index contributed by atoms with van der Waals surface area (Å²) in [5.74, 6) is 1.35. The lowest BCUT2D eigenvalue weighted by atomic mass is 10.0. The monoisotopic (exact) mass is 523 g/mol. The number of nitrogens with one attached hydrogen (secondary N) is 1. The topological polar surface area (TPSA) is 55.3 Å². The van der Waals surface area contributed by atoms with E-state index in [0.717, 1.165) is 57.2 Å². The Balaban J connectivity index is 0.00000420. The number of rotatable bonds is 10. The van der Waals surface area contributed by atoms with E-state index in [2.05, 4.69) is 10.3 Å². The predicted molar refractivity (Wildman–Crippen MR) is 125 cm³/mol. The molecule has 1 aromatic rings. The molecule has 1 aliphatic rings. The molecule has 1 saturated heterocycles. The van der Waals surface area contributed by atoms with E-state index < -0.39 is 0 Å². The third kappa shape index (κ3) is 9.48. The summed E-state index contributed by atoms with van der Waals surface area (Å²) in [5, 5.41) is 3.29. The third-order valence-corrected chi connectivity index (χ3v) is 4.74. The van der Waals surface area contributed by atoms with E-state index in [4.69, 9.17) is 14.2 Å². The van der Waals surface area contributed by atoms with Crippen LogP contribution in [-0.2, 0) is 16.0 Å². The molecule has 0 aliphatic carbocycles. The number of hydrogen-bond acceptors (Lipinski definition) is 4. The first-order valence-electron chi connectivity index (χ1n) is 10.1. The summed E-state index contributed by atoms with van der Waals surface area (Å²) < 4.78 is 30.0. The molecular weight excluding hydrogens is 488 g/mol. The van der Waals surface area contributed by atoms with Crippen LogP contribution in [0.3, 0.4) is 0 Å². The Morgan fingerprint density at radius 1 is 1.34 bits per heavy atom. The third-order valence-electron chi connectivity index (χ3n) is 4.74. The average molecular weight is 523 g/mol. The van der Waals surface area contributed by atoms with Gasteiger partial charge in [0.15, 0.2) is 17.5 Å². The second-order valence-electron chi connectivity index (χ2n) is 7.04. The molecule has 0 spiro atoms. The molecule has 1 heterocycles. The quantitative estimate of drug-likeness (QED) is 0.220. The first-order valence-corrected chi connectivity index (χ1v) is 10.1. The highest BCUT2D eigenvalue weighted by atomic mass is 127. The van der Waals surface area contributed by atoms with Gasteiger partial charge in [0, 0.05) is 53.1 Å². The van der Waals surface area contributed by atoms with Gasteiger partial charge in [-0.3, -0.25) is 4.99 Å². The van der Waals surface area contributed by atoms with Crippen molar-refractivity contribution in [2.45, 2.75) is 32.7 Å². The fourth-order valence-electron chi connectivity index (χ4n) is 3.14. The highest BCUT2D eigenvalue weighted by molar-refractivity contribution is 14.0. The van der Waals surface area contributed by atoms with Crippen LogP contribution in [0.15, 0.2) is 23.2 Å². The van der Waals surface area contributed by atoms with Gasteiger partial charge >= 0.3 is 0 Å². The molecule has 0 amide bonds. The first-order chi connectivity index (χ1) is 13.6. The molecule has 0 bridgehead atoms. The number of halogens is 2. The van der Waals surface area contributed by atoms with Gasteiger partial charge in [0.2, 0.25) is 0 Å². The SMILES string of the molecule is CCNC(=NCCCOCC1CCOCC1)N(C)Cc1ccc(OC)c(F)c1.I. The standard InChI is InChI=1S/C21H34FN3O3.HI/c1-4-23-21(24-10-5-11-28-16-17-8-12-27-13-9-17)25(2)15-18-6-7-20(26-3)19(22)14-18;/h6-7,14,17H,4-5,8-13,15-16H2,1-3H3,(H,23,24);1H. The zero-order valence-electron chi connectivity index (χ0n) is 17.8. The van der Waals surface area contributed by atoms with Crippen molar-refractivity contribution in [1.29, 1.82) is 0 Å². The first kappa shape index (κ1) is 25.9. The van der Waals surface area contributed by atoms with Crippen molar-refractivity contribution in [1.82, 2.24) is 10.2 Å². The Morgan fingerprint density at radius 3 is 2.76 bits per heavy atom. The van der Waals surface area contributed by atoms with E-state index in [1.54, 1.807) is 6.07 Å². The van der Waals surface area contributed by atoms with Crippen molar-refractivity contribution in [3.8, 4) is 5.75 Å². The van der Waals surface area contributed by atoms with Crippen molar-refractivity contribution < 1.29 is 18.6 Å². The summed E-state index contributed by atoms with van der Waals surface area (Å²) in [7, 11) is 3.42. The largest absolute Gasteiger partial charge is 0.494 e. The summed E-state index contributed by atoms with van der Waals surface area (Å²) in [4.78, 5) is 6.66. The van der Waals surface area contributed by atoms with Gasteiger partial charge < -0.3 is 24.4 Å². The Morgan fingerprint density at radius 2 is 2.10 bits per heavy atom. The van der Waals surface area contributed by atoms with Gasteiger partial charge in [-0.2, -0.15) is 0 Å². The molecule has 0 saturated carbocycles. The van der Waals surface area contributed by atoms with Gasteiger partial charge in [-0.05, 0) is 49.8 Å². The molecule has 29 heavy (non-hydrogen) atoms. The summed E-state index contributed by atoms with van der Waals surface area (Å²) >= 11 is 0. The van der Waals surface area contributed by atoms with Gasteiger partial charge in [-0.15, -0.1) is 24.0 Å². The van der Waals surface area contributed by atoms with E-state index in [1.807, 2.05) is 24.9 Å². The van der Waals surface area contributed by atoms with Crippen molar-refractivity contribution in [2.24, 2.45) is 10.9 Å². The number of ether oxygens (including phenoxy) is 3. The van der Waals surface area contributed by atoms with Crippen LogP contribution in [0.1, 0.15) is 31.7 Å². The van der Waals surface area contributed by atoms with Crippen LogP contribution in [-0.4, -0.2) is 64.5 Å². The second kappa shape index (κ2) is 14.8. The minimum Gasteiger partial charge on any atom is -0.494 e. The van der Waals surface area contributed by atoms with Crippen molar-refractivity contribution in [3.63, 3.8) is 0 Å². The van der Waals surface area contributed by atoms with Crippen LogP contribution >= 0.6 is 24.0 Å². The van der Waals surface area contributed by atoms with Gasteiger partial charge in [0.25, 0.3) is 0 Å². The molecule has 8 heteroatoms. The van der Waals surface area contributed by atoms with Crippen LogP contribution in [0.25, 0.3) is 0 Å². The lowest BCUT2D eigenvalue weighted by Gasteiger charge is -2.22. The Bertz CT molecular complexity index is 613. The lowest BCUT2D eigenvalue weighted by Crippen LogP contribution is -2.38. The van der Waals surface area contributed by atoms with Gasteiger partial charge in [-0.25, -0.2) is 4.39 Å². The summed E-state index contributed by atoms with van der Waals surface area (Å²) in [6, 6.07) is 5.02. The predicted octanol–water partition coefficient (Wildman–Crippen LogP) is 3.68. The number of methoxy groups -OCH3 is 1. The highest BCUT2D eigenvalue weighted by Gasteiger charge is 2.13. The molecule has 0 aromatic heterocycles. The van der Waals surface area contributed by atoms with Crippen LogP contribution < -0.4 is 10.1 Å². The minimum absolute atomic E-state index is 0. The van der Waals surface area contributed by atoms with Crippen LogP contribution in [0, 0.1) is 11.7 Å². The smallest absolute Gasteiger partial charge is 0.193 e. The minimum atomic E-state index is -0.350. The number of guanidine groups is 1. The zero-order chi connectivity index (χ0) is 20.2. The zero-order valence-corrected chi connectivity index (χ0v) is 20.1. The van der Waals surface area contributed by atoms with Gasteiger partial charge in [-0.1, -0.05) is 6.07 Å². The maximum absolute atomic E-state index is 13.9. The van der Waals surface area contributed by atoms with E-state index in [-0.39, 0.29) is 35.5 Å². The molecule has 0 atom stereocenters. The van der Waals surface area contributed by atoms with E-state index in [1.165, 1.54) is 13.2 Å². The van der Waals surface area contributed by atoms with Gasteiger partial charge in [0.05, 0.1) is 7.11 Å². The molecule has 1 N–H and O–H groups in total. The Kier molecular flexibility index (Phi) is 13.2. The summed E-state index contributed by atoms with van der Waals surface area (Å²) in [5.41, 5.74) is 0.867. The maximum Gasteiger partial charge on any atom is 0.193 e. The number of hydrogen-bond donors (Lipinski definition) is 1. The fourth-order valence-corrected chi connectivity index (χ4v) is 3.14. The molecular formula is C21H35FIN3O3. The van der Waals surface area contributed by atoms with Gasteiger partial charge in [0.1, 0.15) is 0 Å². The molecule has 6 nitrogen and oxygen atoms in total. The average Bonchev–Trinajstić information content (AvgIpc) is 2.70. The van der Waals surface area contributed by atoms with E-state index in [0.29, 0.717) is 25.6 Å². The fraction of sp³-hybridized carbons (Fsp3) is 0.667. The lowest BCUT2D eigenvalue weighted by molar-refractivity contribution is 0.0205. The van der Waals surface area contributed by atoms with Crippen molar-refractivity contribution in [3.05, 3.63) is 29.6 Å². The number of nitrogens with zero attached hydrogens (tertiary/aromatic N) is 2. The van der Waals surface area contributed by atoms with Crippen LogP contribution in [0.2, 0.25) is 0 Å². The maximum atomic E-state index is 13.9. The molecule has 2 rings (SSSR count). The van der Waals surface area contributed by atoms with Crippen LogP contribution in [0.4, 0.5) is 4.39 Å². The molecule has 166 valence electrons. The Labute approximate surface area is 191 Å². The number of aliphatic imine (C=N–C) groups is 1. The molecule has 0 radical (unpaired) electrons. The number of benzene rings is 1.